The lowest BCUT2D eigenvalue weighted by atomic mass is 9.77. The highest BCUT2D eigenvalue weighted by atomic mass is 19.3. The largest absolute Gasteiger partial charge is 0.493 e. The third-order valence-corrected chi connectivity index (χ3v) is 2.92. The van der Waals surface area contributed by atoms with Crippen LogP contribution in [0.25, 0.3) is 0 Å². The Morgan fingerprint density at radius 1 is 1.37 bits per heavy atom. The lowest BCUT2D eigenvalue weighted by Gasteiger charge is -2.42. The van der Waals surface area contributed by atoms with E-state index >= 15 is 0 Å². The first kappa shape index (κ1) is 13.7. The summed E-state index contributed by atoms with van der Waals surface area (Å²) in [4.78, 5) is 10.4. The molecule has 0 saturated heterocycles. The van der Waals surface area contributed by atoms with Gasteiger partial charge in [0.2, 0.25) is 0 Å². The zero-order chi connectivity index (χ0) is 14.1. The average Bonchev–Trinajstić information content (AvgIpc) is 2.33. The number of hydrogen-bond acceptors (Lipinski definition) is 5. The summed E-state index contributed by atoms with van der Waals surface area (Å²) >= 11 is 0. The maximum Gasteiger partial charge on any atom is 0.253 e. The topological polar surface area (TPSA) is 68.1 Å². The molecule has 7 heteroatoms. The van der Waals surface area contributed by atoms with E-state index in [2.05, 4.69) is 5.18 Å². The van der Waals surface area contributed by atoms with E-state index in [1.165, 1.54) is 25.3 Å². The summed E-state index contributed by atoms with van der Waals surface area (Å²) in [7, 11) is 1.38. The average molecular weight is 273 g/mol. The predicted octanol–water partition coefficient (Wildman–Crippen LogP) is 2.63. The quantitative estimate of drug-likeness (QED) is 0.837. The minimum absolute atomic E-state index is 0.165. The fourth-order valence-electron chi connectivity index (χ4n) is 2.06. The summed E-state index contributed by atoms with van der Waals surface area (Å²) in [5.41, 5.74) is -1.35. The van der Waals surface area contributed by atoms with Gasteiger partial charge in [-0.2, -0.15) is 0 Å². The lowest BCUT2D eigenvalue weighted by molar-refractivity contribution is -0.215. The fraction of sp³-hybridized carbons (Fsp3) is 0.500. The van der Waals surface area contributed by atoms with Gasteiger partial charge in [0.15, 0.2) is 11.5 Å². The van der Waals surface area contributed by atoms with Gasteiger partial charge in [0, 0.05) is 18.9 Å². The van der Waals surface area contributed by atoms with E-state index in [4.69, 9.17) is 9.47 Å². The molecule has 0 atom stereocenters. The molecule has 1 N–H and O–H groups in total. The third-order valence-electron chi connectivity index (χ3n) is 2.92. The first-order chi connectivity index (χ1) is 8.87. The van der Waals surface area contributed by atoms with Gasteiger partial charge in [0.1, 0.15) is 17.9 Å². The van der Waals surface area contributed by atoms with Crippen molar-refractivity contribution < 1.29 is 23.4 Å². The number of aliphatic hydroxyl groups is 1. The molecule has 104 valence electrons. The number of methoxy groups -OCH3 is 1. The van der Waals surface area contributed by atoms with E-state index < -0.39 is 24.4 Å². The SMILES string of the molecule is COc1cc(N=O)ccc1OCC1(O)CC(F)(F)C1. The molecule has 0 aliphatic heterocycles. The molecule has 19 heavy (non-hydrogen) atoms. The van der Waals surface area contributed by atoms with E-state index in [9.17, 15) is 18.8 Å². The van der Waals surface area contributed by atoms with Crippen molar-refractivity contribution in [3.05, 3.63) is 23.1 Å². The highest BCUT2D eigenvalue weighted by Gasteiger charge is 2.56. The van der Waals surface area contributed by atoms with E-state index in [1.54, 1.807) is 0 Å². The standard InChI is InChI=1S/C12H13F2NO4/c1-18-10-4-8(15-17)2-3-9(10)19-7-11(16)5-12(13,14)6-11/h2-4,16H,5-7H2,1H3. The summed E-state index contributed by atoms with van der Waals surface area (Å²) in [5.74, 6) is -2.31. The van der Waals surface area contributed by atoms with Gasteiger partial charge in [-0.25, -0.2) is 8.78 Å². The Hall–Kier alpha value is -1.76. The molecule has 1 aromatic rings. The van der Waals surface area contributed by atoms with Crippen molar-refractivity contribution in [2.24, 2.45) is 5.18 Å². The van der Waals surface area contributed by atoms with Crippen molar-refractivity contribution in [1.29, 1.82) is 0 Å². The molecule has 0 bridgehead atoms. The first-order valence-electron chi connectivity index (χ1n) is 5.62. The minimum Gasteiger partial charge on any atom is -0.493 e. The smallest absolute Gasteiger partial charge is 0.253 e. The summed E-state index contributed by atoms with van der Waals surface area (Å²) in [6, 6.07) is 4.21. The van der Waals surface area contributed by atoms with E-state index in [1.807, 2.05) is 0 Å². The second-order valence-corrected chi connectivity index (χ2v) is 4.65. The Labute approximate surface area is 108 Å². The van der Waals surface area contributed by atoms with Gasteiger partial charge in [-0.15, -0.1) is 4.91 Å². The van der Waals surface area contributed by atoms with Crippen LogP contribution >= 0.6 is 0 Å². The van der Waals surface area contributed by atoms with Crippen LogP contribution in [-0.2, 0) is 0 Å². The number of nitroso groups, excluding NO2 is 1. The summed E-state index contributed by atoms with van der Waals surface area (Å²) < 4.78 is 35.7. The van der Waals surface area contributed by atoms with Crippen LogP contribution in [0.15, 0.2) is 23.4 Å². The van der Waals surface area contributed by atoms with Crippen molar-refractivity contribution in [1.82, 2.24) is 0 Å². The van der Waals surface area contributed by atoms with Crippen LogP contribution in [0.2, 0.25) is 0 Å². The van der Waals surface area contributed by atoms with Gasteiger partial charge in [-0.05, 0) is 17.3 Å². The van der Waals surface area contributed by atoms with Gasteiger partial charge in [-0.1, -0.05) is 0 Å². The molecule has 1 aliphatic rings. The molecule has 0 unspecified atom stereocenters. The molecule has 2 rings (SSSR count). The van der Waals surface area contributed by atoms with Crippen LogP contribution in [0.3, 0.4) is 0 Å². The van der Waals surface area contributed by atoms with Crippen molar-refractivity contribution in [3.8, 4) is 11.5 Å². The van der Waals surface area contributed by atoms with E-state index in [0.717, 1.165) is 0 Å². The Balaban J connectivity index is 2.02. The number of ether oxygens (including phenoxy) is 2. The van der Waals surface area contributed by atoms with Crippen molar-refractivity contribution >= 4 is 5.69 Å². The maximum absolute atomic E-state index is 12.7. The van der Waals surface area contributed by atoms with Gasteiger partial charge in [-0.3, -0.25) is 0 Å². The molecule has 1 aliphatic carbocycles. The number of halogens is 2. The second-order valence-electron chi connectivity index (χ2n) is 4.65. The number of hydrogen-bond donors (Lipinski definition) is 1. The van der Waals surface area contributed by atoms with Gasteiger partial charge in [0.05, 0.1) is 7.11 Å². The van der Waals surface area contributed by atoms with Gasteiger partial charge >= 0.3 is 0 Å². The fourth-order valence-corrected chi connectivity index (χ4v) is 2.06. The van der Waals surface area contributed by atoms with E-state index in [0.29, 0.717) is 0 Å². The molecular weight excluding hydrogens is 260 g/mol. The maximum atomic E-state index is 12.7. The summed E-state index contributed by atoms with van der Waals surface area (Å²) in [5, 5.41) is 12.5. The van der Waals surface area contributed by atoms with Crippen LogP contribution in [0.5, 0.6) is 11.5 Å². The Morgan fingerprint density at radius 3 is 2.58 bits per heavy atom. The third kappa shape index (κ3) is 2.98. The molecule has 0 spiro atoms. The Bertz CT molecular complexity index is 485. The zero-order valence-corrected chi connectivity index (χ0v) is 10.2. The molecule has 1 saturated carbocycles. The molecule has 0 radical (unpaired) electrons. The zero-order valence-electron chi connectivity index (χ0n) is 10.2. The Morgan fingerprint density at radius 2 is 2.05 bits per heavy atom. The lowest BCUT2D eigenvalue weighted by Crippen LogP contribution is -2.55. The molecular formula is C12H13F2NO4. The molecule has 0 amide bonds. The van der Waals surface area contributed by atoms with Crippen LogP contribution in [0.1, 0.15) is 12.8 Å². The highest BCUT2D eigenvalue weighted by Crippen LogP contribution is 2.46. The number of alkyl halides is 2. The summed E-state index contributed by atoms with van der Waals surface area (Å²) in [6.07, 6.45) is -1.23. The van der Waals surface area contributed by atoms with Gasteiger partial charge in [0.25, 0.3) is 5.92 Å². The van der Waals surface area contributed by atoms with Gasteiger partial charge < -0.3 is 14.6 Å². The van der Waals surface area contributed by atoms with Crippen LogP contribution in [0, 0.1) is 4.91 Å². The predicted molar refractivity (Wildman–Crippen MR) is 63.1 cm³/mol. The monoisotopic (exact) mass is 273 g/mol. The number of nitrogens with zero attached hydrogens (tertiary/aromatic N) is 1. The molecule has 5 nitrogen and oxygen atoms in total. The normalized spacial score (nSPS) is 19.4. The molecule has 1 aromatic carbocycles. The molecule has 0 heterocycles. The molecule has 0 aromatic heterocycles. The van der Waals surface area contributed by atoms with Crippen LogP contribution < -0.4 is 9.47 Å². The highest BCUT2D eigenvalue weighted by molar-refractivity contribution is 5.51. The van der Waals surface area contributed by atoms with Crippen LogP contribution in [0.4, 0.5) is 14.5 Å². The molecule has 1 fully saturated rings. The first-order valence-corrected chi connectivity index (χ1v) is 5.62. The number of benzene rings is 1. The second kappa shape index (κ2) is 4.73. The van der Waals surface area contributed by atoms with Crippen molar-refractivity contribution in [3.63, 3.8) is 0 Å². The van der Waals surface area contributed by atoms with Crippen molar-refractivity contribution in [2.45, 2.75) is 24.4 Å². The Kier molecular flexibility index (Phi) is 3.40. The summed E-state index contributed by atoms with van der Waals surface area (Å²) in [6.45, 7) is -0.257. The number of rotatable bonds is 5. The minimum atomic E-state index is -2.83. The van der Waals surface area contributed by atoms with Crippen molar-refractivity contribution in [2.75, 3.05) is 13.7 Å². The van der Waals surface area contributed by atoms with E-state index in [-0.39, 0.29) is 23.8 Å². The van der Waals surface area contributed by atoms with Crippen LogP contribution in [-0.4, -0.2) is 30.3 Å².